The van der Waals surface area contributed by atoms with E-state index >= 15 is 0 Å². The van der Waals surface area contributed by atoms with E-state index in [1.165, 1.54) is 72.3 Å². The molecule has 0 aliphatic heterocycles. The van der Waals surface area contributed by atoms with Crippen molar-refractivity contribution >= 4 is 57.0 Å². The Kier molecular flexibility index (Phi) is 8.85. The lowest BCUT2D eigenvalue weighted by atomic mass is 9.91. The first-order chi connectivity index (χ1) is 27.8. The summed E-state index contributed by atoms with van der Waals surface area (Å²) in [6.07, 6.45) is 13.4. The van der Waals surface area contributed by atoms with E-state index < -0.39 is 0 Å². The predicted octanol–water partition coefficient (Wildman–Crippen LogP) is 15.0. The second-order valence-corrected chi connectivity index (χ2v) is 14.8. The van der Waals surface area contributed by atoms with Crippen LogP contribution >= 0.6 is 0 Å². The van der Waals surface area contributed by atoms with E-state index in [4.69, 9.17) is 0 Å². The van der Waals surface area contributed by atoms with Gasteiger partial charge in [-0.1, -0.05) is 146 Å². The Labute approximate surface area is 330 Å². The molecule has 0 spiro atoms. The molecule has 0 aromatic heterocycles. The van der Waals surface area contributed by atoms with Crippen LogP contribution < -0.4 is 9.80 Å². The maximum atomic E-state index is 2.47. The Balaban J connectivity index is 1.14. The molecular formula is C54H42N2. The van der Waals surface area contributed by atoms with Gasteiger partial charge in [0.05, 0.1) is 11.4 Å². The van der Waals surface area contributed by atoms with Crippen LogP contribution in [0.25, 0.3) is 45.2 Å². The summed E-state index contributed by atoms with van der Waals surface area (Å²) in [6.45, 7) is 0. The van der Waals surface area contributed by atoms with Gasteiger partial charge in [-0.3, -0.25) is 0 Å². The smallest absolute Gasteiger partial charge is 0.0538 e. The zero-order valence-corrected chi connectivity index (χ0v) is 31.4. The van der Waals surface area contributed by atoms with E-state index in [0.717, 1.165) is 42.7 Å². The fourth-order valence-electron chi connectivity index (χ4n) is 8.52. The lowest BCUT2D eigenvalue weighted by Gasteiger charge is -2.34. The van der Waals surface area contributed by atoms with Gasteiger partial charge < -0.3 is 9.80 Å². The topological polar surface area (TPSA) is 6.48 Å². The fourth-order valence-corrected chi connectivity index (χ4v) is 8.52. The molecule has 0 fully saturated rings. The predicted molar refractivity (Wildman–Crippen MR) is 239 cm³/mol. The molecule has 0 unspecified atom stereocenters. The third kappa shape index (κ3) is 6.40. The van der Waals surface area contributed by atoms with E-state index in [1.54, 1.807) is 0 Å². The van der Waals surface area contributed by atoms with E-state index in [2.05, 4.69) is 216 Å². The van der Waals surface area contributed by atoms with Gasteiger partial charge in [0, 0.05) is 28.3 Å². The number of hydrogen-bond acceptors (Lipinski definition) is 2. The molecule has 0 atom stereocenters. The zero-order chi connectivity index (χ0) is 37.3. The summed E-state index contributed by atoms with van der Waals surface area (Å²) < 4.78 is 0. The highest BCUT2D eigenvalue weighted by atomic mass is 15.2. The maximum absolute atomic E-state index is 2.47. The summed E-state index contributed by atoms with van der Waals surface area (Å²) in [5, 5.41) is 2.47. The summed E-state index contributed by atoms with van der Waals surface area (Å²) in [5.41, 5.74) is 17.2. The van der Waals surface area contributed by atoms with Crippen LogP contribution in [-0.2, 0) is 12.8 Å². The molecule has 10 rings (SSSR count). The number of benzene rings is 8. The van der Waals surface area contributed by atoms with Gasteiger partial charge in [0.25, 0.3) is 0 Å². The molecule has 268 valence electrons. The van der Waals surface area contributed by atoms with Crippen LogP contribution in [-0.4, -0.2) is 0 Å². The van der Waals surface area contributed by atoms with E-state index in [-0.39, 0.29) is 0 Å². The van der Waals surface area contributed by atoms with Crippen molar-refractivity contribution in [1.82, 2.24) is 0 Å². The highest BCUT2D eigenvalue weighted by molar-refractivity contribution is 5.93. The minimum Gasteiger partial charge on any atom is -0.310 e. The number of fused-ring (bicyclic) bond motifs is 3. The van der Waals surface area contributed by atoms with Crippen molar-refractivity contribution < 1.29 is 0 Å². The summed E-state index contributed by atoms with van der Waals surface area (Å²) in [5.74, 6) is 0. The molecule has 56 heavy (non-hydrogen) atoms. The second-order valence-electron chi connectivity index (χ2n) is 14.8. The van der Waals surface area contributed by atoms with E-state index in [9.17, 15) is 0 Å². The molecule has 0 saturated heterocycles. The summed E-state index contributed by atoms with van der Waals surface area (Å²) in [7, 11) is 0. The van der Waals surface area contributed by atoms with Crippen LogP contribution in [0.15, 0.2) is 194 Å². The Bertz CT molecular complexity index is 2730. The SMILES string of the molecule is C1=Cc2ccc(N(c3ccc(-c4ccccc4)cc3)c3ccc(N(c4ccc(-c5ccccc5)cc4)c4ccc5ccccc5c4)c4c3C=CCC4)cc2CC1. The Morgan fingerprint density at radius 2 is 0.875 bits per heavy atom. The van der Waals surface area contributed by atoms with Crippen LogP contribution in [0.5, 0.6) is 0 Å². The van der Waals surface area contributed by atoms with Crippen LogP contribution in [0.2, 0.25) is 0 Å². The minimum absolute atomic E-state index is 0.955. The molecule has 0 radical (unpaired) electrons. The molecule has 2 nitrogen and oxygen atoms in total. The Hall–Kier alpha value is -6.90. The number of hydrogen-bond donors (Lipinski definition) is 0. The molecule has 2 aliphatic rings. The molecule has 8 aromatic rings. The summed E-state index contributed by atoms with van der Waals surface area (Å²) in [4.78, 5) is 4.94. The number of rotatable bonds is 8. The van der Waals surface area contributed by atoms with Crippen LogP contribution in [0.1, 0.15) is 35.1 Å². The van der Waals surface area contributed by atoms with Crippen molar-refractivity contribution in [2.45, 2.75) is 25.7 Å². The van der Waals surface area contributed by atoms with Crippen molar-refractivity contribution in [3.63, 3.8) is 0 Å². The minimum atomic E-state index is 0.955. The van der Waals surface area contributed by atoms with E-state index in [1.807, 2.05) is 0 Å². The lowest BCUT2D eigenvalue weighted by molar-refractivity contribution is 0.975. The number of aryl methyl sites for hydroxylation is 1. The number of nitrogens with zero attached hydrogens (tertiary/aromatic N) is 2. The molecule has 2 aliphatic carbocycles. The molecule has 0 N–H and O–H groups in total. The molecule has 8 aromatic carbocycles. The lowest BCUT2D eigenvalue weighted by Crippen LogP contribution is -2.17. The quantitative estimate of drug-likeness (QED) is 0.154. The van der Waals surface area contributed by atoms with Crippen LogP contribution in [0, 0.1) is 0 Å². The fraction of sp³-hybridized carbons (Fsp3) is 0.0741. The van der Waals surface area contributed by atoms with Crippen molar-refractivity contribution in [3.8, 4) is 22.3 Å². The van der Waals surface area contributed by atoms with Crippen molar-refractivity contribution in [2.75, 3.05) is 9.80 Å². The van der Waals surface area contributed by atoms with Gasteiger partial charge in [0.2, 0.25) is 0 Å². The van der Waals surface area contributed by atoms with Crippen LogP contribution in [0.3, 0.4) is 0 Å². The molecule has 2 heteroatoms. The van der Waals surface area contributed by atoms with Crippen molar-refractivity contribution in [2.24, 2.45) is 0 Å². The van der Waals surface area contributed by atoms with Gasteiger partial charge >= 0.3 is 0 Å². The number of allylic oxidation sites excluding steroid dienone is 2. The van der Waals surface area contributed by atoms with E-state index in [0.29, 0.717) is 0 Å². The number of anilines is 6. The monoisotopic (exact) mass is 718 g/mol. The molecule has 0 amide bonds. The summed E-state index contributed by atoms with van der Waals surface area (Å²) in [6, 6.07) is 66.7. The zero-order valence-electron chi connectivity index (χ0n) is 31.4. The molecule has 0 saturated carbocycles. The van der Waals surface area contributed by atoms with Crippen molar-refractivity contribution in [1.29, 1.82) is 0 Å². The van der Waals surface area contributed by atoms with Gasteiger partial charge in [-0.15, -0.1) is 0 Å². The van der Waals surface area contributed by atoms with Gasteiger partial charge in [-0.25, -0.2) is 0 Å². The van der Waals surface area contributed by atoms with Gasteiger partial charge in [0.1, 0.15) is 0 Å². The first kappa shape index (κ1) is 33.7. The average molecular weight is 719 g/mol. The third-order valence-corrected chi connectivity index (χ3v) is 11.4. The third-order valence-electron chi connectivity index (χ3n) is 11.4. The van der Waals surface area contributed by atoms with Crippen molar-refractivity contribution in [3.05, 3.63) is 216 Å². The Morgan fingerprint density at radius 3 is 1.57 bits per heavy atom. The largest absolute Gasteiger partial charge is 0.310 e. The average Bonchev–Trinajstić information content (AvgIpc) is 3.28. The highest BCUT2D eigenvalue weighted by Gasteiger charge is 2.25. The maximum Gasteiger partial charge on any atom is 0.0538 e. The molecule has 0 heterocycles. The second kappa shape index (κ2) is 14.7. The first-order valence-electron chi connectivity index (χ1n) is 19.8. The highest BCUT2D eigenvalue weighted by Crippen LogP contribution is 2.47. The van der Waals surface area contributed by atoms with Gasteiger partial charge in [-0.05, 0) is 136 Å². The normalized spacial score (nSPS) is 12.9. The standard InChI is InChI=1S/C54H42N2/c1-3-13-39(14-4-1)43-23-29-47(30-24-43)55(49-33-27-41-17-7-9-19-45(41)37-49)53-35-36-54(52-22-12-11-21-51(52)53)56(50-34-28-42-18-8-10-20-46(42)38-50)48-31-25-44(26-32-48)40-15-5-2-6-16-40/h1-9,12-19,22-38H,10-11,20-21H2. The van der Waals surface area contributed by atoms with Gasteiger partial charge in [-0.2, -0.15) is 0 Å². The Morgan fingerprint density at radius 1 is 0.357 bits per heavy atom. The molecule has 0 bridgehead atoms. The van der Waals surface area contributed by atoms with Gasteiger partial charge in [0.15, 0.2) is 0 Å². The van der Waals surface area contributed by atoms with Crippen LogP contribution in [0.4, 0.5) is 34.1 Å². The first-order valence-corrected chi connectivity index (χ1v) is 19.8. The summed E-state index contributed by atoms with van der Waals surface area (Å²) >= 11 is 0. The molecular weight excluding hydrogens is 677 g/mol.